The second-order valence-corrected chi connectivity index (χ2v) is 15.3. The summed E-state index contributed by atoms with van der Waals surface area (Å²) in [6, 6.07) is 66.3. The van der Waals surface area contributed by atoms with Crippen molar-refractivity contribution in [1.29, 1.82) is 0 Å². The Morgan fingerprint density at radius 2 is 1.08 bits per heavy atom. The normalized spacial score (nSPS) is 13.2. The molecule has 0 spiro atoms. The van der Waals surface area contributed by atoms with Gasteiger partial charge in [0.2, 0.25) is 0 Å². The topological polar surface area (TPSA) is 16.4 Å². The maximum absolute atomic E-state index is 6.89. The van der Waals surface area contributed by atoms with Crippen LogP contribution in [0, 0.1) is 0 Å². The average Bonchev–Trinajstić information content (AvgIpc) is 3.87. The molecule has 0 N–H and O–H groups in total. The molecular formula is C50H33NOS. The minimum absolute atomic E-state index is 0.382. The zero-order chi connectivity index (χ0) is 35.1. The van der Waals surface area contributed by atoms with E-state index in [0.717, 1.165) is 39.0 Å². The van der Waals surface area contributed by atoms with Crippen LogP contribution in [0.15, 0.2) is 186 Å². The molecule has 1 aliphatic carbocycles. The first-order chi connectivity index (χ1) is 26.1. The lowest BCUT2D eigenvalue weighted by atomic mass is 9.73. The fourth-order valence-electron chi connectivity index (χ4n) is 8.74. The maximum atomic E-state index is 6.89. The first-order valence-electron chi connectivity index (χ1n) is 18.2. The van der Waals surface area contributed by atoms with E-state index in [1.165, 1.54) is 59.1 Å². The summed E-state index contributed by atoms with van der Waals surface area (Å²) >= 11 is 1.85. The van der Waals surface area contributed by atoms with E-state index in [9.17, 15) is 0 Å². The third kappa shape index (κ3) is 4.51. The number of hydrogen-bond acceptors (Lipinski definition) is 3. The van der Waals surface area contributed by atoms with E-state index in [4.69, 9.17) is 4.42 Å². The van der Waals surface area contributed by atoms with Gasteiger partial charge in [0.05, 0.1) is 5.69 Å². The van der Waals surface area contributed by atoms with Crippen molar-refractivity contribution in [3.8, 4) is 22.3 Å². The molecule has 53 heavy (non-hydrogen) atoms. The second kappa shape index (κ2) is 11.5. The number of hydrogen-bond donors (Lipinski definition) is 0. The molecule has 0 atom stereocenters. The molecular weight excluding hydrogens is 663 g/mol. The summed E-state index contributed by atoms with van der Waals surface area (Å²) in [5, 5.41) is 4.81. The summed E-state index contributed by atoms with van der Waals surface area (Å²) < 4.78 is 9.45. The highest BCUT2D eigenvalue weighted by Crippen LogP contribution is 2.55. The molecule has 0 amide bonds. The van der Waals surface area contributed by atoms with Crippen molar-refractivity contribution >= 4 is 70.5 Å². The molecule has 0 bridgehead atoms. The zero-order valence-corrected chi connectivity index (χ0v) is 29.9. The van der Waals surface area contributed by atoms with Crippen LogP contribution in [0.4, 0.5) is 17.1 Å². The summed E-state index contributed by atoms with van der Waals surface area (Å²) in [5.74, 6) is 0. The fraction of sp³-hybridized carbons (Fsp3) is 0.0400. The highest BCUT2D eigenvalue weighted by atomic mass is 32.1. The van der Waals surface area contributed by atoms with Gasteiger partial charge in [0.25, 0.3) is 0 Å². The molecule has 0 aliphatic heterocycles. The summed E-state index contributed by atoms with van der Waals surface area (Å²) in [6.07, 6.45) is 0. The number of benzene rings is 8. The first kappa shape index (κ1) is 30.2. The van der Waals surface area contributed by atoms with E-state index in [1.54, 1.807) is 0 Å². The molecule has 2 nitrogen and oxygen atoms in total. The number of fused-ring (bicyclic) bond motifs is 9. The van der Waals surface area contributed by atoms with E-state index in [-0.39, 0.29) is 5.41 Å². The predicted octanol–water partition coefficient (Wildman–Crippen LogP) is 14.4. The number of nitrogens with zero attached hydrogens (tertiary/aromatic N) is 1. The number of thiophene rings is 1. The van der Waals surface area contributed by atoms with E-state index < -0.39 is 0 Å². The molecule has 10 aromatic rings. The number of para-hydroxylation sites is 1. The van der Waals surface area contributed by atoms with Crippen molar-refractivity contribution in [3.05, 3.63) is 199 Å². The van der Waals surface area contributed by atoms with Crippen molar-refractivity contribution < 1.29 is 4.42 Å². The highest BCUT2D eigenvalue weighted by molar-refractivity contribution is 7.25. The molecule has 0 fully saturated rings. The Balaban J connectivity index is 1.21. The lowest BCUT2D eigenvalue weighted by Gasteiger charge is -2.31. The monoisotopic (exact) mass is 695 g/mol. The van der Waals surface area contributed by atoms with Gasteiger partial charge in [0.15, 0.2) is 5.58 Å². The Bertz CT molecular complexity index is 2980. The van der Waals surface area contributed by atoms with Crippen LogP contribution in [0.2, 0.25) is 0 Å². The Morgan fingerprint density at radius 3 is 1.85 bits per heavy atom. The van der Waals surface area contributed by atoms with Crippen molar-refractivity contribution in [2.75, 3.05) is 4.90 Å². The first-order valence-corrected chi connectivity index (χ1v) is 19.0. The van der Waals surface area contributed by atoms with Gasteiger partial charge in [-0.25, -0.2) is 0 Å². The minimum Gasteiger partial charge on any atom is -0.454 e. The number of anilines is 3. The van der Waals surface area contributed by atoms with Gasteiger partial charge >= 0.3 is 0 Å². The van der Waals surface area contributed by atoms with Crippen LogP contribution in [0.5, 0.6) is 0 Å². The molecule has 3 heteroatoms. The van der Waals surface area contributed by atoms with Gasteiger partial charge in [-0.05, 0) is 94.4 Å². The SMILES string of the molecule is CC1(c2cc(N(c3ccc(-c4ccccc4)cc3)c3ccc4c(c3)sc3ccccc34)c3oc4ccccc4c3c2)c2ccccc2-c2ccccc21. The quantitative estimate of drug-likeness (QED) is 0.178. The van der Waals surface area contributed by atoms with Gasteiger partial charge in [0, 0.05) is 47.7 Å². The third-order valence-corrected chi connectivity index (χ3v) is 12.5. The standard InChI is InChI=1S/C50H33NOS/c1-50(43-19-9-5-15-37(43)38-16-6-10-20-44(38)50)34-29-42-39-17-7-11-21-46(39)52-49(42)45(30-34)51(35-25-23-33(24-26-35)32-13-3-2-4-14-32)36-27-28-41-40-18-8-12-22-47(40)53-48(41)31-36/h2-31H,1H3. The van der Waals surface area contributed by atoms with Gasteiger partial charge in [-0.1, -0.05) is 133 Å². The molecule has 2 aromatic heterocycles. The maximum Gasteiger partial charge on any atom is 0.159 e. The third-order valence-electron chi connectivity index (χ3n) is 11.4. The molecule has 1 aliphatic rings. The molecule has 0 unspecified atom stereocenters. The van der Waals surface area contributed by atoms with Crippen LogP contribution in [0.3, 0.4) is 0 Å². The van der Waals surface area contributed by atoms with Crippen LogP contribution >= 0.6 is 11.3 Å². The van der Waals surface area contributed by atoms with E-state index in [0.29, 0.717) is 0 Å². The lowest BCUT2D eigenvalue weighted by Crippen LogP contribution is -2.23. The molecule has 11 rings (SSSR count). The van der Waals surface area contributed by atoms with Gasteiger partial charge < -0.3 is 9.32 Å². The molecule has 2 heterocycles. The zero-order valence-electron chi connectivity index (χ0n) is 29.1. The van der Waals surface area contributed by atoms with Gasteiger partial charge in [0.1, 0.15) is 5.58 Å². The fourth-order valence-corrected chi connectivity index (χ4v) is 9.88. The van der Waals surface area contributed by atoms with Crippen LogP contribution < -0.4 is 4.90 Å². The highest BCUT2D eigenvalue weighted by Gasteiger charge is 2.41. The molecule has 0 radical (unpaired) electrons. The Kier molecular flexibility index (Phi) is 6.58. The Morgan fingerprint density at radius 1 is 0.472 bits per heavy atom. The smallest absolute Gasteiger partial charge is 0.159 e. The summed E-state index contributed by atoms with van der Waals surface area (Å²) in [6.45, 7) is 2.40. The minimum atomic E-state index is -0.382. The van der Waals surface area contributed by atoms with E-state index in [2.05, 4.69) is 194 Å². The second-order valence-electron chi connectivity index (χ2n) is 14.2. The molecule has 0 saturated heterocycles. The van der Waals surface area contributed by atoms with Crippen molar-refractivity contribution in [2.45, 2.75) is 12.3 Å². The molecule has 8 aromatic carbocycles. The van der Waals surface area contributed by atoms with Crippen molar-refractivity contribution in [1.82, 2.24) is 0 Å². The van der Waals surface area contributed by atoms with Crippen LogP contribution in [0.1, 0.15) is 23.6 Å². The van der Waals surface area contributed by atoms with Gasteiger partial charge in [-0.2, -0.15) is 0 Å². The van der Waals surface area contributed by atoms with E-state index >= 15 is 0 Å². The molecule has 0 saturated carbocycles. The van der Waals surface area contributed by atoms with Gasteiger partial charge in [-0.15, -0.1) is 11.3 Å². The largest absolute Gasteiger partial charge is 0.454 e. The van der Waals surface area contributed by atoms with Gasteiger partial charge in [-0.3, -0.25) is 0 Å². The number of rotatable bonds is 5. The number of furan rings is 1. The summed E-state index contributed by atoms with van der Waals surface area (Å²) in [7, 11) is 0. The van der Waals surface area contributed by atoms with Crippen LogP contribution in [-0.2, 0) is 5.41 Å². The Hall–Kier alpha value is -6.42. The van der Waals surface area contributed by atoms with Crippen LogP contribution in [-0.4, -0.2) is 0 Å². The van der Waals surface area contributed by atoms with Crippen LogP contribution in [0.25, 0.3) is 64.4 Å². The van der Waals surface area contributed by atoms with E-state index in [1.807, 2.05) is 11.3 Å². The van der Waals surface area contributed by atoms with Crippen molar-refractivity contribution in [2.24, 2.45) is 0 Å². The summed E-state index contributed by atoms with van der Waals surface area (Å²) in [4.78, 5) is 2.41. The summed E-state index contributed by atoms with van der Waals surface area (Å²) in [5.41, 5.74) is 13.4. The van der Waals surface area contributed by atoms with Crippen molar-refractivity contribution in [3.63, 3.8) is 0 Å². The Labute approximate surface area is 311 Å². The average molecular weight is 696 g/mol. The lowest BCUT2D eigenvalue weighted by molar-refractivity contribution is 0.667. The molecule has 250 valence electrons. The predicted molar refractivity (Wildman–Crippen MR) is 224 cm³/mol.